The first-order chi connectivity index (χ1) is 39.3. The zero-order valence-corrected chi connectivity index (χ0v) is 53.4. The molecular formula is C71H139NO8. The number of nitrogens with one attached hydrogen (secondary N) is 1. The van der Waals surface area contributed by atoms with E-state index in [2.05, 4.69) is 19.2 Å². The number of aliphatic hydroxyl groups excluding tert-OH is 5. The van der Waals surface area contributed by atoms with Crippen molar-refractivity contribution in [3.8, 4) is 0 Å². The number of ether oxygens (including phenoxy) is 2. The number of carbonyl (C=O) groups excluding carboxylic acids is 1. The summed E-state index contributed by atoms with van der Waals surface area (Å²) in [5, 5.41) is 54.8. The summed E-state index contributed by atoms with van der Waals surface area (Å²) in [5.74, 6) is -0.166. The maximum absolute atomic E-state index is 13.1. The molecular weight excluding hydrogens is 995 g/mol. The lowest BCUT2D eigenvalue weighted by Gasteiger charge is -2.40. The molecule has 0 spiro atoms. The van der Waals surface area contributed by atoms with E-state index in [0.717, 1.165) is 38.5 Å². The van der Waals surface area contributed by atoms with Gasteiger partial charge in [-0.3, -0.25) is 4.79 Å². The first-order valence-electron chi connectivity index (χ1n) is 35.9. The second kappa shape index (κ2) is 61.0. The van der Waals surface area contributed by atoms with Gasteiger partial charge in [0.05, 0.1) is 25.4 Å². The summed E-state index contributed by atoms with van der Waals surface area (Å²) in [6, 6.07) is -0.802. The highest BCUT2D eigenvalue weighted by molar-refractivity contribution is 5.76. The van der Waals surface area contributed by atoms with Crippen LogP contribution in [-0.4, -0.2) is 87.5 Å². The van der Waals surface area contributed by atoms with Gasteiger partial charge in [0.15, 0.2) is 6.29 Å². The molecule has 0 aliphatic carbocycles. The molecule has 0 aromatic heterocycles. The number of hydrogen-bond acceptors (Lipinski definition) is 8. The van der Waals surface area contributed by atoms with Crippen LogP contribution < -0.4 is 5.32 Å². The van der Waals surface area contributed by atoms with E-state index in [-0.39, 0.29) is 12.5 Å². The molecule has 80 heavy (non-hydrogen) atoms. The summed E-state index contributed by atoms with van der Waals surface area (Å²) in [6.07, 6.45) is 71.9. The van der Waals surface area contributed by atoms with Gasteiger partial charge in [0.25, 0.3) is 0 Å². The van der Waals surface area contributed by atoms with Gasteiger partial charge in [-0.2, -0.15) is 0 Å². The van der Waals surface area contributed by atoms with Crippen molar-refractivity contribution in [3.05, 3.63) is 12.2 Å². The van der Waals surface area contributed by atoms with E-state index in [4.69, 9.17) is 9.47 Å². The van der Waals surface area contributed by atoms with Crippen LogP contribution in [0.3, 0.4) is 0 Å². The van der Waals surface area contributed by atoms with E-state index in [0.29, 0.717) is 6.42 Å². The first-order valence-corrected chi connectivity index (χ1v) is 35.9. The fraction of sp³-hybridized carbons (Fsp3) is 0.958. The fourth-order valence-electron chi connectivity index (χ4n) is 12.0. The molecule has 1 amide bonds. The number of carbonyl (C=O) groups is 1. The third-order valence-electron chi connectivity index (χ3n) is 17.6. The Morgan fingerprint density at radius 3 is 0.975 bits per heavy atom. The summed E-state index contributed by atoms with van der Waals surface area (Å²) in [5.41, 5.74) is 0. The van der Waals surface area contributed by atoms with Crippen molar-refractivity contribution < 1.29 is 39.8 Å². The zero-order valence-electron chi connectivity index (χ0n) is 53.4. The minimum atomic E-state index is -1.56. The van der Waals surface area contributed by atoms with Gasteiger partial charge in [-0.25, -0.2) is 0 Å². The molecule has 0 aromatic rings. The van der Waals surface area contributed by atoms with Gasteiger partial charge in [0.2, 0.25) is 5.91 Å². The smallest absolute Gasteiger partial charge is 0.220 e. The van der Waals surface area contributed by atoms with Crippen LogP contribution >= 0.6 is 0 Å². The first kappa shape index (κ1) is 76.9. The second-order valence-corrected chi connectivity index (χ2v) is 25.4. The number of rotatable bonds is 64. The molecule has 476 valence electrons. The molecule has 1 rings (SSSR count). The van der Waals surface area contributed by atoms with Gasteiger partial charge in [-0.05, 0) is 19.3 Å². The minimum absolute atomic E-state index is 0.166. The van der Waals surface area contributed by atoms with Crippen LogP contribution in [0.25, 0.3) is 0 Å². The Hall–Kier alpha value is -1.07. The third kappa shape index (κ3) is 49.2. The molecule has 0 radical (unpaired) electrons. The van der Waals surface area contributed by atoms with Crippen molar-refractivity contribution in [1.29, 1.82) is 0 Å². The Kier molecular flexibility index (Phi) is 58.7. The van der Waals surface area contributed by atoms with Crippen molar-refractivity contribution in [2.75, 3.05) is 13.2 Å². The van der Waals surface area contributed by atoms with Crippen LogP contribution in [0, 0.1) is 0 Å². The third-order valence-corrected chi connectivity index (χ3v) is 17.6. The summed E-state index contributed by atoms with van der Waals surface area (Å²) in [4.78, 5) is 13.1. The average Bonchev–Trinajstić information content (AvgIpc) is 3.51. The quantitative estimate of drug-likeness (QED) is 0.0261. The van der Waals surface area contributed by atoms with Crippen LogP contribution in [-0.2, 0) is 14.3 Å². The highest BCUT2D eigenvalue weighted by Gasteiger charge is 2.44. The van der Waals surface area contributed by atoms with Crippen molar-refractivity contribution in [3.63, 3.8) is 0 Å². The van der Waals surface area contributed by atoms with E-state index in [9.17, 15) is 30.3 Å². The molecule has 1 heterocycles. The highest BCUT2D eigenvalue weighted by atomic mass is 16.7. The largest absolute Gasteiger partial charge is 0.394 e. The summed E-state index contributed by atoms with van der Waals surface area (Å²) < 4.78 is 11.3. The van der Waals surface area contributed by atoms with Crippen molar-refractivity contribution in [2.24, 2.45) is 0 Å². The lowest BCUT2D eigenvalue weighted by Crippen LogP contribution is -2.60. The maximum Gasteiger partial charge on any atom is 0.220 e. The van der Waals surface area contributed by atoms with Crippen LogP contribution in [0.15, 0.2) is 12.2 Å². The molecule has 1 fully saturated rings. The molecule has 1 aliphatic heterocycles. The number of allylic oxidation sites excluding steroid dienone is 1. The van der Waals surface area contributed by atoms with Crippen LogP contribution in [0.1, 0.15) is 380 Å². The molecule has 6 N–H and O–H groups in total. The normalized spacial score (nSPS) is 18.4. The molecule has 0 aromatic carbocycles. The van der Waals surface area contributed by atoms with Gasteiger partial charge in [-0.15, -0.1) is 0 Å². The molecule has 1 aliphatic rings. The topological polar surface area (TPSA) is 149 Å². The second-order valence-electron chi connectivity index (χ2n) is 25.4. The van der Waals surface area contributed by atoms with E-state index >= 15 is 0 Å². The highest BCUT2D eigenvalue weighted by Crippen LogP contribution is 2.24. The van der Waals surface area contributed by atoms with Crippen molar-refractivity contribution in [1.82, 2.24) is 5.32 Å². The van der Waals surface area contributed by atoms with Gasteiger partial charge < -0.3 is 40.3 Å². The van der Waals surface area contributed by atoms with E-state index in [1.807, 2.05) is 6.08 Å². The summed E-state index contributed by atoms with van der Waals surface area (Å²) in [6.45, 7) is 3.85. The molecule has 0 bridgehead atoms. The Morgan fingerprint density at radius 1 is 0.412 bits per heavy atom. The summed E-state index contributed by atoms with van der Waals surface area (Å²) in [7, 11) is 0. The Balaban J connectivity index is 2.11. The number of unbranched alkanes of at least 4 members (excludes halogenated alkanes) is 54. The molecule has 9 nitrogen and oxygen atoms in total. The van der Waals surface area contributed by atoms with E-state index in [1.54, 1.807) is 6.08 Å². The van der Waals surface area contributed by atoms with Crippen molar-refractivity contribution in [2.45, 2.75) is 423 Å². The Morgan fingerprint density at radius 2 is 0.688 bits per heavy atom. The number of aliphatic hydroxyl groups is 5. The fourth-order valence-corrected chi connectivity index (χ4v) is 12.0. The van der Waals surface area contributed by atoms with Gasteiger partial charge in [0.1, 0.15) is 24.4 Å². The molecule has 7 atom stereocenters. The predicted molar refractivity (Wildman–Crippen MR) is 341 cm³/mol. The molecule has 9 heteroatoms. The monoisotopic (exact) mass is 1130 g/mol. The number of amides is 1. The lowest BCUT2D eigenvalue weighted by atomic mass is 9.99. The summed E-state index contributed by atoms with van der Waals surface area (Å²) >= 11 is 0. The van der Waals surface area contributed by atoms with Crippen molar-refractivity contribution >= 4 is 5.91 Å². The molecule has 1 saturated heterocycles. The molecule has 0 saturated carbocycles. The van der Waals surface area contributed by atoms with Crippen LogP contribution in [0.5, 0.6) is 0 Å². The average molecular weight is 1130 g/mol. The minimum Gasteiger partial charge on any atom is -0.394 e. The molecule has 7 unspecified atom stereocenters. The maximum atomic E-state index is 13.1. The Labute approximate surface area is 496 Å². The van der Waals surface area contributed by atoms with Gasteiger partial charge in [0, 0.05) is 6.42 Å². The number of hydrogen-bond donors (Lipinski definition) is 6. The zero-order chi connectivity index (χ0) is 57.9. The van der Waals surface area contributed by atoms with E-state index < -0.39 is 49.5 Å². The SMILES string of the molecule is CCCCCCCCCCCCCCCCCCCCCCCCCCC/C=C/C(O)C(COC1OC(CO)C(O)C(O)C1O)NC(=O)CCCCCCCCCCCCCCCCCCCCCCCCCCCCCCCC. The standard InChI is InChI=1S/C71H139NO8/c1-3-5-7-9-11-13-15-17-19-21-23-25-27-29-31-32-33-35-37-39-41-43-45-47-49-51-53-55-57-59-61-67(75)72-64(63-79-71-70(78)69(77)68(76)66(62-73)80-71)65(74)60-58-56-54-52-50-48-46-44-42-40-38-36-34-30-28-26-24-22-20-18-16-14-12-10-8-6-4-2/h58,60,64-66,68-71,73-74,76-78H,3-57,59,61-63H2,1-2H3,(H,72,75)/b60-58+. The van der Waals surface area contributed by atoms with Gasteiger partial charge in [-0.1, -0.05) is 366 Å². The lowest BCUT2D eigenvalue weighted by molar-refractivity contribution is -0.302. The van der Waals surface area contributed by atoms with E-state index in [1.165, 1.54) is 321 Å². The predicted octanol–water partition coefficient (Wildman–Crippen LogP) is 19.5. The Bertz CT molecular complexity index is 1270. The van der Waals surface area contributed by atoms with Crippen LogP contribution in [0.4, 0.5) is 0 Å². The van der Waals surface area contributed by atoms with Gasteiger partial charge >= 0.3 is 0 Å². The van der Waals surface area contributed by atoms with Crippen LogP contribution in [0.2, 0.25) is 0 Å².